The standard InChI is InChI=1S/C22H32NO6P/c1-7-26-21(24)16-14-23(6)20-18(15-12-10-11-13-17(15)22(20,4)5)19(16)29-30(25,27-8-2)28-9-3/h10-13,16,20H,7-9,14H2,1-6H3/t16-,20+/m1/s1. The van der Waals surface area contributed by atoms with Crippen molar-refractivity contribution in [3.63, 3.8) is 0 Å². The monoisotopic (exact) mass is 437 g/mol. The number of carbonyl (C=O) groups excluding carboxylic acids is 1. The van der Waals surface area contributed by atoms with Gasteiger partial charge in [0.25, 0.3) is 0 Å². The van der Waals surface area contributed by atoms with Crippen molar-refractivity contribution in [3.8, 4) is 0 Å². The molecule has 0 N–H and O–H groups in total. The Balaban J connectivity index is 2.23. The van der Waals surface area contributed by atoms with Gasteiger partial charge < -0.3 is 9.26 Å². The van der Waals surface area contributed by atoms with Gasteiger partial charge >= 0.3 is 13.8 Å². The minimum atomic E-state index is -3.89. The smallest absolute Gasteiger partial charge is 0.465 e. The van der Waals surface area contributed by atoms with Gasteiger partial charge in [-0.2, -0.15) is 0 Å². The molecule has 0 radical (unpaired) electrons. The lowest BCUT2D eigenvalue weighted by Gasteiger charge is -2.42. The zero-order chi connectivity index (χ0) is 22.1. The first kappa shape index (κ1) is 23.0. The summed E-state index contributed by atoms with van der Waals surface area (Å²) in [5, 5.41) is 0. The van der Waals surface area contributed by atoms with Gasteiger partial charge in [-0.05, 0) is 38.9 Å². The molecule has 3 rings (SSSR count). The second-order valence-electron chi connectivity index (χ2n) is 8.07. The lowest BCUT2D eigenvalue weighted by molar-refractivity contribution is -0.148. The maximum Gasteiger partial charge on any atom is 0.529 e. The predicted molar refractivity (Wildman–Crippen MR) is 115 cm³/mol. The largest absolute Gasteiger partial charge is 0.529 e. The zero-order valence-electron chi connectivity index (χ0n) is 18.6. The fourth-order valence-corrected chi connectivity index (χ4v) is 5.98. The topological polar surface area (TPSA) is 74.3 Å². The number of likely N-dealkylation sites (N-methyl/N-ethyl adjacent to an activating group) is 1. The van der Waals surface area contributed by atoms with Crippen molar-refractivity contribution in [2.24, 2.45) is 5.92 Å². The summed E-state index contributed by atoms with van der Waals surface area (Å²) in [6.45, 7) is 10.5. The van der Waals surface area contributed by atoms with Crippen LogP contribution in [0.15, 0.2) is 30.0 Å². The number of rotatable bonds is 8. The molecule has 1 heterocycles. The number of esters is 1. The van der Waals surface area contributed by atoms with Crippen LogP contribution in [0.5, 0.6) is 0 Å². The van der Waals surface area contributed by atoms with Gasteiger partial charge in [0, 0.05) is 23.6 Å². The molecule has 0 saturated carbocycles. The van der Waals surface area contributed by atoms with E-state index in [2.05, 4.69) is 24.8 Å². The van der Waals surface area contributed by atoms with Crippen molar-refractivity contribution < 1.29 is 27.7 Å². The number of ether oxygens (including phenoxy) is 1. The number of hydrogen-bond acceptors (Lipinski definition) is 7. The molecular formula is C22H32NO6P. The summed E-state index contributed by atoms with van der Waals surface area (Å²) in [4.78, 5) is 15.0. The third kappa shape index (κ3) is 3.96. The number of phosphoric ester groups is 1. The number of phosphoric acid groups is 1. The summed E-state index contributed by atoms with van der Waals surface area (Å²) in [5.41, 5.74) is 2.77. The fourth-order valence-electron chi connectivity index (χ4n) is 4.70. The van der Waals surface area contributed by atoms with Crippen LogP contribution in [0.3, 0.4) is 0 Å². The third-order valence-corrected chi connectivity index (χ3v) is 7.29. The van der Waals surface area contributed by atoms with Crippen molar-refractivity contribution in [1.29, 1.82) is 0 Å². The highest BCUT2D eigenvalue weighted by Crippen LogP contribution is 2.58. The van der Waals surface area contributed by atoms with E-state index in [4.69, 9.17) is 18.3 Å². The van der Waals surface area contributed by atoms with Gasteiger partial charge in [-0.25, -0.2) is 4.57 Å². The van der Waals surface area contributed by atoms with Gasteiger partial charge in [0.15, 0.2) is 0 Å². The van der Waals surface area contributed by atoms with Gasteiger partial charge in [-0.1, -0.05) is 38.1 Å². The van der Waals surface area contributed by atoms with Crippen LogP contribution in [0.2, 0.25) is 0 Å². The molecule has 0 saturated heterocycles. The molecule has 1 aliphatic heterocycles. The van der Waals surface area contributed by atoms with E-state index in [0.717, 1.165) is 16.7 Å². The van der Waals surface area contributed by atoms with Crippen LogP contribution in [-0.4, -0.2) is 50.3 Å². The normalized spacial score (nSPS) is 23.1. The van der Waals surface area contributed by atoms with Crippen LogP contribution in [0.25, 0.3) is 5.57 Å². The predicted octanol–water partition coefficient (Wildman–Crippen LogP) is 4.38. The molecule has 2 atom stereocenters. The van der Waals surface area contributed by atoms with E-state index in [1.807, 2.05) is 25.2 Å². The summed E-state index contributed by atoms with van der Waals surface area (Å²) < 4.78 is 35.4. The van der Waals surface area contributed by atoms with E-state index in [1.165, 1.54) is 0 Å². The van der Waals surface area contributed by atoms with Crippen LogP contribution in [0.1, 0.15) is 45.7 Å². The van der Waals surface area contributed by atoms with Gasteiger partial charge in [0.2, 0.25) is 0 Å². The lowest BCUT2D eigenvalue weighted by atomic mass is 9.79. The minimum Gasteiger partial charge on any atom is -0.465 e. The molecule has 7 nitrogen and oxygen atoms in total. The van der Waals surface area contributed by atoms with Crippen LogP contribution in [0, 0.1) is 5.92 Å². The summed E-state index contributed by atoms with van der Waals surface area (Å²) in [6, 6.07) is 8.03. The molecule has 8 heteroatoms. The molecule has 0 bridgehead atoms. The van der Waals surface area contributed by atoms with Crippen molar-refractivity contribution in [2.75, 3.05) is 33.4 Å². The summed E-state index contributed by atoms with van der Waals surface area (Å²) in [7, 11) is -1.90. The molecular weight excluding hydrogens is 405 g/mol. The highest BCUT2D eigenvalue weighted by molar-refractivity contribution is 7.48. The fraction of sp³-hybridized carbons (Fsp3) is 0.591. The summed E-state index contributed by atoms with van der Waals surface area (Å²) in [5.74, 6) is -0.802. The molecule has 166 valence electrons. The Bertz CT molecular complexity index is 870. The second kappa shape index (κ2) is 8.83. The van der Waals surface area contributed by atoms with Crippen LogP contribution in [-0.2, 0) is 33.1 Å². The Hall–Kier alpha value is -1.66. The van der Waals surface area contributed by atoms with Gasteiger partial charge in [-0.3, -0.25) is 18.7 Å². The molecule has 0 spiro atoms. The summed E-state index contributed by atoms with van der Waals surface area (Å²) in [6.07, 6.45) is 0. The number of fused-ring (bicyclic) bond motifs is 3. The molecule has 0 amide bonds. The molecule has 1 aromatic carbocycles. The maximum absolute atomic E-state index is 13.3. The average molecular weight is 437 g/mol. The molecule has 2 aliphatic rings. The highest BCUT2D eigenvalue weighted by atomic mass is 31.2. The van der Waals surface area contributed by atoms with Gasteiger partial charge in [-0.15, -0.1) is 0 Å². The maximum atomic E-state index is 13.3. The molecule has 0 fully saturated rings. The first-order valence-corrected chi connectivity index (χ1v) is 12.0. The SMILES string of the molecule is CCOC(=O)[C@@H]1CN(C)[C@H]2C(=C1OP(=O)(OCC)OCC)c1ccccc1C2(C)C. The Morgan fingerprint density at radius 1 is 1.13 bits per heavy atom. The molecule has 0 aromatic heterocycles. The van der Waals surface area contributed by atoms with Crippen molar-refractivity contribution in [1.82, 2.24) is 4.90 Å². The lowest BCUT2D eigenvalue weighted by Crippen LogP contribution is -2.50. The molecule has 1 aromatic rings. The second-order valence-corrected chi connectivity index (χ2v) is 9.66. The van der Waals surface area contributed by atoms with Crippen molar-refractivity contribution in [3.05, 3.63) is 41.2 Å². The van der Waals surface area contributed by atoms with Crippen LogP contribution < -0.4 is 0 Å². The van der Waals surface area contributed by atoms with E-state index < -0.39 is 19.7 Å². The number of hydrogen-bond donors (Lipinski definition) is 0. The minimum absolute atomic E-state index is 0.0488. The number of carbonyl (C=O) groups is 1. The molecule has 1 aliphatic carbocycles. The van der Waals surface area contributed by atoms with E-state index in [1.54, 1.807) is 20.8 Å². The Kier molecular flexibility index (Phi) is 6.78. The summed E-state index contributed by atoms with van der Waals surface area (Å²) >= 11 is 0. The van der Waals surface area contributed by atoms with Gasteiger partial charge in [0.05, 0.1) is 19.8 Å². The van der Waals surface area contributed by atoms with Crippen LogP contribution in [0.4, 0.5) is 0 Å². The molecule has 30 heavy (non-hydrogen) atoms. The number of nitrogens with zero attached hydrogens (tertiary/aromatic N) is 1. The quantitative estimate of drug-likeness (QED) is 0.441. The van der Waals surface area contributed by atoms with E-state index in [-0.39, 0.29) is 31.3 Å². The van der Waals surface area contributed by atoms with Crippen LogP contribution >= 0.6 is 7.82 Å². The first-order chi connectivity index (χ1) is 14.2. The Morgan fingerprint density at radius 3 is 2.37 bits per heavy atom. The Morgan fingerprint density at radius 2 is 1.77 bits per heavy atom. The van der Waals surface area contributed by atoms with Crippen molar-refractivity contribution in [2.45, 2.75) is 46.1 Å². The highest BCUT2D eigenvalue weighted by Gasteiger charge is 2.53. The first-order valence-electron chi connectivity index (χ1n) is 10.5. The van der Waals surface area contributed by atoms with E-state index in [9.17, 15) is 9.36 Å². The average Bonchev–Trinajstić information content (AvgIpc) is 2.93. The van der Waals surface area contributed by atoms with Crippen molar-refractivity contribution >= 4 is 19.4 Å². The molecule has 0 unspecified atom stereocenters. The number of benzene rings is 1. The van der Waals surface area contributed by atoms with Gasteiger partial charge in [0.1, 0.15) is 11.7 Å². The van der Waals surface area contributed by atoms with E-state index >= 15 is 0 Å². The zero-order valence-corrected chi connectivity index (χ0v) is 19.5. The Labute approximate surface area is 178 Å². The van der Waals surface area contributed by atoms with E-state index in [0.29, 0.717) is 12.3 Å². The third-order valence-electron chi connectivity index (χ3n) is 5.72.